The average Bonchev–Trinajstić information content (AvgIpc) is 2.85. The minimum absolute atomic E-state index is 0.147. The van der Waals surface area contributed by atoms with E-state index in [1.807, 2.05) is 0 Å². The molecular formula is C21H30O2. The number of rotatable bonds is 1. The van der Waals surface area contributed by atoms with Crippen LogP contribution in [-0.2, 0) is 4.79 Å². The van der Waals surface area contributed by atoms with E-state index in [1.54, 1.807) is 12.5 Å². The molecule has 0 saturated heterocycles. The minimum atomic E-state index is -0.147. The molecule has 3 saturated carbocycles. The number of carbonyl (C=O) groups excluding carboxylic acids is 1. The van der Waals surface area contributed by atoms with Crippen LogP contribution in [-0.4, -0.2) is 17.0 Å². The van der Waals surface area contributed by atoms with E-state index in [0.717, 1.165) is 25.7 Å². The van der Waals surface area contributed by atoms with Gasteiger partial charge in [-0.25, -0.2) is 0 Å². The van der Waals surface area contributed by atoms with Crippen molar-refractivity contribution in [1.82, 2.24) is 0 Å². The number of carbonyl (C=O) groups is 1. The van der Waals surface area contributed by atoms with Crippen molar-refractivity contribution in [3.8, 4) is 0 Å². The van der Waals surface area contributed by atoms with Crippen molar-refractivity contribution in [2.75, 3.05) is 0 Å². The molecule has 0 bridgehead atoms. The Hall–Kier alpha value is -0.890. The van der Waals surface area contributed by atoms with Gasteiger partial charge in [0.1, 0.15) is 5.78 Å². The van der Waals surface area contributed by atoms with Crippen LogP contribution < -0.4 is 0 Å². The predicted octanol–water partition coefficient (Wildman–Crippen LogP) is 4.44. The summed E-state index contributed by atoms with van der Waals surface area (Å²) in [5, 5.41) is 10.0. The fourth-order valence-electron chi connectivity index (χ4n) is 6.65. The molecule has 0 spiro atoms. The van der Waals surface area contributed by atoms with Crippen LogP contribution in [0.25, 0.3) is 0 Å². The van der Waals surface area contributed by atoms with Crippen LogP contribution in [0.1, 0.15) is 65.7 Å². The highest BCUT2D eigenvalue weighted by Gasteiger charge is 2.57. The summed E-state index contributed by atoms with van der Waals surface area (Å²) in [5.41, 5.74) is 3.53. The lowest BCUT2D eigenvalue weighted by Crippen LogP contribution is -2.46. The molecule has 0 unspecified atom stereocenters. The van der Waals surface area contributed by atoms with Crippen molar-refractivity contribution in [2.45, 2.75) is 71.8 Å². The van der Waals surface area contributed by atoms with E-state index in [1.165, 1.54) is 24.8 Å². The molecular weight excluding hydrogens is 284 g/mol. The van der Waals surface area contributed by atoms with Gasteiger partial charge >= 0.3 is 0 Å². The molecule has 2 nitrogen and oxygen atoms in total. The molecule has 0 radical (unpaired) electrons. The SMILES string of the molecule is CC(=O)[C@H]1CC[C@H]2C3=CC=C4C[C@@H](O)CC[C@]4(C)[C@@H]3CC[C@@]12C. The fourth-order valence-corrected chi connectivity index (χ4v) is 6.65. The zero-order valence-electron chi connectivity index (χ0n) is 14.8. The van der Waals surface area contributed by atoms with Crippen LogP contribution in [0, 0.1) is 28.6 Å². The first-order valence-corrected chi connectivity index (χ1v) is 9.46. The van der Waals surface area contributed by atoms with Gasteiger partial charge in [0.25, 0.3) is 0 Å². The Morgan fingerprint density at radius 1 is 1.09 bits per heavy atom. The number of fused-ring (bicyclic) bond motifs is 5. The molecule has 6 atom stereocenters. The van der Waals surface area contributed by atoms with Crippen molar-refractivity contribution >= 4 is 5.78 Å². The third kappa shape index (κ3) is 2.06. The molecule has 0 aromatic heterocycles. The standard InChI is InChI=1S/C21H30O2/c1-13(22)17-6-7-18-16-5-4-14-12-15(23)8-10-20(14,2)19(16)9-11-21(17,18)3/h4-5,15,17-19,23H,6-12H2,1-3H3/t15-,17+,18-,19+,20-,21-/m0/s1. The molecule has 0 aliphatic heterocycles. The van der Waals surface area contributed by atoms with Gasteiger partial charge in [0.2, 0.25) is 0 Å². The van der Waals surface area contributed by atoms with Crippen LogP contribution >= 0.6 is 0 Å². The van der Waals surface area contributed by atoms with Gasteiger partial charge in [-0.3, -0.25) is 4.79 Å². The lowest BCUT2D eigenvalue weighted by atomic mass is 9.50. The minimum Gasteiger partial charge on any atom is -0.393 e. The van der Waals surface area contributed by atoms with E-state index >= 15 is 0 Å². The molecule has 4 rings (SSSR count). The van der Waals surface area contributed by atoms with Crippen molar-refractivity contribution in [3.63, 3.8) is 0 Å². The van der Waals surface area contributed by atoms with E-state index < -0.39 is 0 Å². The van der Waals surface area contributed by atoms with Gasteiger partial charge in [-0.1, -0.05) is 37.1 Å². The third-order valence-corrected chi connectivity index (χ3v) is 8.04. The van der Waals surface area contributed by atoms with Crippen LogP contribution in [0.3, 0.4) is 0 Å². The summed E-state index contributed by atoms with van der Waals surface area (Å²) in [6.45, 7) is 6.60. The summed E-state index contributed by atoms with van der Waals surface area (Å²) in [5.74, 6) is 1.89. The van der Waals surface area contributed by atoms with Gasteiger partial charge in [-0.15, -0.1) is 0 Å². The average molecular weight is 314 g/mol. The maximum Gasteiger partial charge on any atom is 0.133 e. The summed E-state index contributed by atoms with van der Waals surface area (Å²) in [4.78, 5) is 12.1. The first kappa shape index (κ1) is 15.6. The van der Waals surface area contributed by atoms with Crippen molar-refractivity contribution in [3.05, 3.63) is 23.3 Å². The van der Waals surface area contributed by atoms with E-state index in [0.29, 0.717) is 17.6 Å². The smallest absolute Gasteiger partial charge is 0.133 e. The third-order valence-electron chi connectivity index (χ3n) is 8.04. The number of ketones is 1. The lowest BCUT2D eigenvalue weighted by Gasteiger charge is -2.54. The van der Waals surface area contributed by atoms with Gasteiger partial charge in [-0.05, 0) is 74.5 Å². The van der Waals surface area contributed by atoms with Crippen LogP contribution in [0.4, 0.5) is 0 Å². The quantitative estimate of drug-likeness (QED) is 0.777. The number of allylic oxidation sites excluding steroid dienone is 3. The Kier molecular flexibility index (Phi) is 3.43. The van der Waals surface area contributed by atoms with Gasteiger partial charge < -0.3 is 5.11 Å². The summed E-state index contributed by atoms with van der Waals surface area (Å²) in [7, 11) is 0. The number of Topliss-reactive ketones (excluding diaryl/α,β-unsaturated/α-hetero) is 1. The van der Waals surface area contributed by atoms with Crippen molar-refractivity contribution in [1.29, 1.82) is 0 Å². The van der Waals surface area contributed by atoms with Gasteiger partial charge in [-0.2, -0.15) is 0 Å². The Morgan fingerprint density at radius 2 is 1.87 bits per heavy atom. The molecule has 126 valence electrons. The van der Waals surface area contributed by atoms with E-state index in [4.69, 9.17) is 0 Å². The second-order valence-electron chi connectivity index (χ2n) is 9.06. The summed E-state index contributed by atoms with van der Waals surface area (Å²) in [6.07, 6.45) is 12.1. The van der Waals surface area contributed by atoms with E-state index in [-0.39, 0.29) is 22.9 Å². The molecule has 4 aliphatic carbocycles. The molecule has 4 aliphatic rings. The molecule has 0 aromatic carbocycles. The Balaban J connectivity index is 1.72. The summed E-state index contributed by atoms with van der Waals surface area (Å²) in [6, 6.07) is 0. The normalized spacial score (nSPS) is 48.7. The van der Waals surface area contributed by atoms with Crippen molar-refractivity contribution < 1.29 is 9.90 Å². The van der Waals surface area contributed by atoms with Gasteiger partial charge in [0, 0.05) is 5.92 Å². The molecule has 0 aromatic rings. The summed E-state index contributed by atoms with van der Waals surface area (Å²) >= 11 is 0. The Morgan fingerprint density at radius 3 is 2.61 bits per heavy atom. The number of aliphatic hydroxyl groups excluding tert-OH is 1. The molecule has 0 heterocycles. The number of hydrogen-bond acceptors (Lipinski definition) is 2. The van der Waals surface area contributed by atoms with Gasteiger partial charge in [0.15, 0.2) is 0 Å². The zero-order valence-corrected chi connectivity index (χ0v) is 14.8. The first-order valence-electron chi connectivity index (χ1n) is 9.46. The highest BCUT2D eigenvalue weighted by Crippen LogP contribution is 2.64. The van der Waals surface area contributed by atoms with Crippen LogP contribution in [0.2, 0.25) is 0 Å². The maximum absolute atomic E-state index is 12.1. The van der Waals surface area contributed by atoms with Crippen LogP contribution in [0.15, 0.2) is 23.3 Å². The molecule has 23 heavy (non-hydrogen) atoms. The van der Waals surface area contributed by atoms with Crippen molar-refractivity contribution in [2.24, 2.45) is 28.6 Å². The lowest BCUT2D eigenvalue weighted by molar-refractivity contribution is -0.124. The Labute approximate surface area is 140 Å². The largest absolute Gasteiger partial charge is 0.393 e. The van der Waals surface area contributed by atoms with E-state index in [2.05, 4.69) is 26.0 Å². The van der Waals surface area contributed by atoms with Crippen LogP contribution in [0.5, 0.6) is 0 Å². The molecule has 3 fully saturated rings. The molecule has 0 amide bonds. The van der Waals surface area contributed by atoms with Gasteiger partial charge in [0.05, 0.1) is 6.10 Å². The highest BCUT2D eigenvalue weighted by molar-refractivity contribution is 5.79. The fraction of sp³-hybridized carbons (Fsp3) is 0.762. The topological polar surface area (TPSA) is 37.3 Å². The maximum atomic E-state index is 12.1. The molecule has 2 heteroatoms. The first-order chi connectivity index (χ1) is 10.9. The molecule has 1 N–H and O–H groups in total. The monoisotopic (exact) mass is 314 g/mol. The predicted molar refractivity (Wildman–Crippen MR) is 91.9 cm³/mol. The number of hydrogen-bond donors (Lipinski definition) is 1. The summed E-state index contributed by atoms with van der Waals surface area (Å²) < 4.78 is 0. The zero-order chi connectivity index (χ0) is 16.4. The number of aliphatic hydroxyl groups is 1. The second kappa shape index (κ2) is 5.05. The Bertz CT molecular complexity index is 601. The second-order valence-corrected chi connectivity index (χ2v) is 9.06. The van der Waals surface area contributed by atoms with E-state index in [9.17, 15) is 9.90 Å². The highest BCUT2D eigenvalue weighted by atomic mass is 16.3.